The number of nitro groups is 1. The van der Waals surface area contributed by atoms with Crippen molar-refractivity contribution in [1.82, 2.24) is 4.90 Å². The van der Waals surface area contributed by atoms with Gasteiger partial charge in [0.1, 0.15) is 18.8 Å². The van der Waals surface area contributed by atoms with Crippen LogP contribution < -0.4 is 14.7 Å². The number of morpholine rings is 1. The van der Waals surface area contributed by atoms with Gasteiger partial charge in [0.2, 0.25) is 5.78 Å². The molecule has 0 aromatic heterocycles. The molecule has 10 heteroatoms. The van der Waals surface area contributed by atoms with E-state index in [0.717, 1.165) is 13.1 Å². The molecule has 1 atom stereocenters. The van der Waals surface area contributed by atoms with E-state index in [2.05, 4.69) is 0 Å². The molecule has 2 heterocycles. The van der Waals surface area contributed by atoms with Gasteiger partial charge in [0.15, 0.2) is 0 Å². The van der Waals surface area contributed by atoms with Crippen LogP contribution in [0.15, 0.2) is 54.1 Å². The number of quaternary nitrogens is 1. The van der Waals surface area contributed by atoms with E-state index >= 15 is 0 Å². The fourth-order valence-electron chi connectivity index (χ4n) is 4.53. The van der Waals surface area contributed by atoms with Crippen LogP contribution in [0.5, 0.6) is 5.75 Å². The van der Waals surface area contributed by atoms with Crippen LogP contribution >= 0.6 is 0 Å². The number of likely N-dealkylation sites (tertiary alicyclic amines) is 1. The molecule has 0 spiro atoms. The van der Waals surface area contributed by atoms with Crippen LogP contribution in [0.4, 0.5) is 5.69 Å². The molecule has 2 aromatic rings. The zero-order valence-electron chi connectivity index (χ0n) is 20.3. The third kappa shape index (κ3) is 5.39. The number of nitro benzene ring substituents is 1. The lowest BCUT2D eigenvalue weighted by Crippen LogP contribution is -3.14. The molecule has 2 saturated heterocycles. The number of rotatable bonds is 8. The summed E-state index contributed by atoms with van der Waals surface area (Å²) in [6, 6.07) is 11.1. The van der Waals surface area contributed by atoms with Gasteiger partial charge in [-0.3, -0.25) is 19.7 Å². The van der Waals surface area contributed by atoms with E-state index in [1.54, 1.807) is 24.3 Å². The van der Waals surface area contributed by atoms with Gasteiger partial charge in [-0.05, 0) is 49.2 Å². The summed E-state index contributed by atoms with van der Waals surface area (Å²) in [7, 11) is 0. The lowest BCUT2D eigenvalue weighted by molar-refractivity contribution is -0.907. The molecule has 0 radical (unpaired) electrons. The Labute approximate surface area is 208 Å². The number of ether oxygens (including phenoxy) is 2. The highest BCUT2D eigenvalue weighted by molar-refractivity contribution is 6.46. The number of ketones is 1. The van der Waals surface area contributed by atoms with Gasteiger partial charge in [0.25, 0.3) is 11.6 Å². The van der Waals surface area contributed by atoms with Gasteiger partial charge in [-0.2, -0.15) is 0 Å². The molecule has 1 unspecified atom stereocenters. The maximum absolute atomic E-state index is 13.5. The molecule has 2 aliphatic rings. The predicted octanol–water partition coefficient (Wildman–Crippen LogP) is 0.521. The molecule has 0 aliphatic carbocycles. The molecule has 2 fully saturated rings. The third-order valence-corrected chi connectivity index (χ3v) is 6.34. The van der Waals surface area contributed by atoms with E-state index in [0.29, 0.717) is 31.1 Å². The molecule has 190 valence electrons. The number of carbonyl (C=O) groups is 2. The Morgan fingerprint density at radius 3 is 2.33 bits per heavy atom. The summed E-state index contributed by atoms with van der Waals surface area (Å²) < 4.78 is 11.0. The first-order valence-electron chi connectivity index (χ1n) is 12.0. The molecule has 0 saturated carbocycles. The summed E-state index contributed by atoms with van der Waals surface area (Å²) in [5, 5.41) is 24.7. The summed E-state index contributed by atoms with van der Waals surface area (Å²) in [5.74, 6) is -1.55. The van der Waals surface area contributed by atoms with E-state index < -0.39 is 28.4 Å². The summed E-state index contributed by atoms with van der Waals surface area (Å²) in [5.41, 5.74) is 0.463. The minimum atomic E-state index is -0.926. The van der Waals surface area contributed by atoms with E-state index in [1.807, 2.05) is 13.8 Å². The maximum Gasteiger partial charge on any atom is 0.295 e. The Bertz CT molecular complexity index is 1150. The first kappa shape index (κ1) is 25.3. The molecule has 36 heavy (non-hydrogen) atoms. The van der Waals surface area contributed by atoms with Gasteiger partial charge in [-0.25, -0.2) is 0 Å². The molecule has 10 nitrogen and oxygen atoms in total. The molecule has 0 bridgehead atoms. The predicted molar refractivity (Wildman–Crippen MR) is 128 cm³/mol. The van der Waals surface area contributed by atoms with Gasteiger partial charge >= 0.3 is 0 Å². The smallest absolute Gasteiger partial charge is 0.295 e. The largest absolute Gasteiger partial charge is 0.872 e. The zero-order chi connectivity index (χ0) is 25.8. The van der Waals surface area contributed by atoms with Crippen molar-refractivity contribution in [3.63, 3.8) is 0 Å². The number of nitrogens with zero attached hydrogens (tertiary/aromatic N) is 2. The van der Waals surface area contributed by atoms with Crippen molar-refractivity contribution < 1.29 is 34.0 Å². The van der Waals surface area contributed by atoms with E-state index in [-0.39, 0.29) is 29.5 Å². The maximum atomic E-state index is 13.5. The van der Waals surface area contributed by atoms with E-state index in [1.165, 1.54) is 34.1 Å². The van der Waals surface area contributed by atoms with E-state index in [4.69, 9.17) is 9.47 Å². The van der Waals surface area contributed by atoms with Crippen molar-refractivity contribution in [3.8, 4) is 5.75 Å². The highest BCUT2D eigenvalue weighted by Crippen LogP contribution is 2.39. The number of nitrogens with one attached hydrogen (secondary N) is 1. The second-order valence-electron chi connectivity index (χ2n) is 9.13. The minimum absolute atomic E-state index is 0.0383. The normalized spacial score (nSPS) is 20.2. The van der Waals surface area contributed by atoms with Crippen LogP contribution in [0.3, 0.4) is 0 Å². The fraction of sp³-hybridized carbons (Fsp3) is 0.385. The quantitative estimate of drug-likeness (QED) is 0.186. The lowest BCUT2D eigenvalue weighted by Gasteiger charge is -2.30. The van der Waals surface area contributed by atoms with Crippen LogP contribution in [0.2, 0.25) is 0 Å². The van der Waals surface area contributed by atoms with Crippen molar-refractivity contribution in [1.29, 1.82) is 0 Å². The number of hydrogen-bond donors (Lipinski definition) is 1. The Kier molecular flexibility index (Phi) is 7.66. The average Bonchev–Trinajstić information content (AvgIpc) is 3.12. The number of non-ortho nitro benzene ring substituents is 1. The topological polar surface area (TPSA) is 126 Å². The first-order chi connectivity index (χ1) is 17.3. The van der Waals surface area contributed by atoms with Crippen LogP contribution in [0.1, 0.15) is 31.0 Å². The second-order valence-corrected chi connectivity index (χ2v) is 9.13. The van der Waals surface area contributed by atoms with Gasteiger partial charge in [0, 0.05) is 17.7 Å². The summed E-state index contributed by atoms with van der Waals surface area (Å²) in [4.78, 5) is 39.5. The van der Waals surface area contributed by atoms with Crippen LogP contribution in [0, 0.1) is 10.1 Å². The van der Waals surface area contributed by atoms with Crippen molar-refractivity contribution in [3.05, 3.63) is 75.3 Å². The number of Topliss-reactive ketones (excluding diaryl/α,β-unsaturated/α-hetero) is 1. The van der Waals surface area contributed by atoms with Gasteiger partial charge in [0.05, 0.1) is 43.4 Å². The van der Waals surface area contributed by atoms with Crippen LogP contribution in [-0.2, 0) is 14.3 Å². The van der Waals surface area contributed by atoms with Crippen molar-refractivity contribution >= 4 is 23.1 Å². The average molecular weight is 496 g/mol. The Hall–Kier alpha value is -3.76. The van der Waals surface area contributed by atoms with Crippen molar-refractivity contribution in [2.45, 2.75) is 26.0 Å². The number of amides is 1. The number of hydrogen-bond acceptors (Lipinski definition) is 7. The fourth-order valence-corrected chi connectivity index (χ4v) is 4.53. The molecular weight excluding hydrogens is 466 g/mol. The van der Waals surface area contributed by atoms with Gasteiger partial charge < -0.3 is 24.4 Å². The van der Waals surface area contributed by atoms with Crippen LogP contribution in [0.25, 0.3) is 5.76 Å². The molecule has 1 amide bonds. The van der Waals surface area contributed by atoms with Crippen LogP contribution in [-0.4, -0.2) is 67.0 Å². The minimum Gasteiger partial charge on any atom is -0.872 e. The van der Waals surface area contributed by atoms with Crippen molar-refractivity contribution in [2.24, 2.45) is 0 Å². The van der Waals surface area contributed by atoms with E-state index in [9.17, 15) is 24.8 Å². The lowest BCUT2D eigenvalue weighted by atomic mass is 9.95. The molecule has 2 aromatic carbocycles. The SMILES string of the molecule is CC(C)Oc1ccc(C([O-])=C2C(=O)C(=O)N(CC[NH+]3CCOCC3)C2c2ccc([N+](=O)[O-])cc2)cc1. The highest BCUT2D eigenvalue weighted by Gasteiger charge is 2.44. The summed E-state index contributed by atoms with van der Waals surface area (Å²) in [6.45, 7) is 7.46. The Morgan fingerprint density at radius 2 is 1.75 bits per heavy atom. The van der Waals surface area contributed by atoms with Crippen molar-refractivity contribution in [2.75, 3.05) is 39.4 Å². The number of carbonyl (C=O) groups excluding carboxylic acids is 2. The molecule has 4 rings (SSSR count). The molecule has 2 aliphatic heterocycles. The number of benzene rings is 2. The standard InChI is InChI=1S/C26H29N3O7/c1-17(2)36-21-9-5-19(6-10-21)24(30)22-23(18-3-7-20(8-4-18)29(33)34)28(26(32)25(22)31)12-11-27-13-15-35-16-14-27/h3-10,17,23,30H,11-16H2,1-2H3. The highest BCUT2D eigenvalue weighted by atomic mass is 16.6. The third-order valence-electron chi connectivity index (χ3n) is 6.34. The Morgan fingerprint density at radius 1 is 1.11 bits per heavy atom. The Balaban J connectivity index is 1.71. The zero-order valence-corrected chi connectivity index (χ0v) is 20.3. The van der Waals surface area contributed by atoms with Gasteiger partial charge in [-0.1, -0.05) is 17.9 Å². The van der Waals surface area contributed by atoms with Gasteiger partial charge in [-0.15, -0.1) is 0 Å². The first-order valence-corrected chi connectivity index (χ1v) is 12.0. The summed E-state index contributed by atoms with van der Waals surface area (Å²) >= 11 is 0. The molecular formula is C26H29N3O7. The second kappa shape index (κ2) is 10.9. The monoisotopic (exact) mass is 495 g/mol. The summed E-state index contributed by atoms with van der Waals surface area (Å²) in [6.07, 6.45) is -0.0383. The molecule has 1 N–H and O–H groups in total.